The molecule has 0 aliphatic heterocycles. The normalized spacial score (nSPS) is 18.5. The molecule has 0 aromatic rings. The lowest BCUT2D eigenvalue weighted by Crippen LogP contribution is -2.07. The highest BCUT2D eigenvalue weighted by Gasteiger charge is 2.14. The molecule has 0 N–H and O–H groups in total. The van der Waals surface area contributed by atoms with Crippen molar-refractivity contribution < 1.29 is 14.3 Å². The van der Waals surface area contributed by atoms with E-state index in [-0.39, 0.29) is 6.79 Å². The minimum atomic E-state index is 0.111. The molecule has 1 fully saturated rings. The van der Waals surface area contributed by atoms with Crippen LogP contribution in [0.3, 0.4) is 0 Å². The molecule has 1 saturated carbocycles. The first-order chi connectivity index (χ1) is 5.43. The predicted octanol–water partition coefficient (Wildman–Crippen LogP) is 1.32. The van der Waals surface area contributed by atoms with Crippen molar-refractivity contribution in [3.05, 3.63) is 0 Å². The van der Waals surface area contributed by atoms with Crippen molar-refractivity contribution in [3.8, 4) is 0 Å². The molecule has 0 amide bonds. The van der Waals surface area contributed by atoms with Crippen LogP contribution in [0.4, 0.5) is 0 Å². The molecule has 0 spiro atoms. The highest BCUT2D eigenvalue weighted by atomic mass is 16.7. The first-order valence-electron chi connectivity index (χ1n) is 4.06. The van der Waals surface area contributed by atoms with Crippen molar-refractivity contribution in [1.82, 2.24) is 0 Å². The van der Waals surface area contributed by atoms with Crippen LogP contribution in [0.25, 0.3) is 0 Å². The molecule has 0 bridgehead atoms. The van der Waals surface area contributed by atoms with E-state index >= 15 is 0 Å². The van der Waals surface area contributed by atoms with Gasteiger partial charge in [0.15, 0.2) is 6.79 Å². The molecule has 0 radical (unpaired) electrons. The van der Waals surface area contributed by atoms with E-state index in [0.717, 1.165) is 6.61 Å². The maximum absolute atomic E-state index is 9.70. The SMILES string of the molecule is O=COCOCC1CCCC1. The molecule has 1 aliphatic rings. The largest absolute Gasteiger partial charge is 0.441 e. The Labute approximate surface area is 66.7 Å². The Balaban J connectivity index is 1.89. The highest BCUT2D eigenvalue weighted by Crippen LogP contribution is 2.24. The number of hydrogen-bond acceptors (Lipinski definition) is 3. The van der Waals surface area contributed by atoms with Gasteiger partial charge < -0.3 is 9.47 Å². The minimum absolute atomic E-state index is 0.111. The smallest absolute Gasteiger partial charge is 0.295 e. The molecule has 0 unspecified atom stereocenters. The molecule has 3 nitrogen and oxygen atoms in total. The zero-order valence-corrected chi connectivity index (χ0v) is 6.62. The molecule has 1 aliphatic carbocycles. The number of carbonyl (C=O) groups is 1. The van der Waals surface area contributed by atoms with Crippen LogP contribution in [0.15, 0.2) is 0 Å². The fourth-order valence-electron chi connectivity index (χ4n) is 1.47. The van der Waals surface area contributed by atoms with Crippen LogP contribution < -0.4 is 0 Å². The van der Waals surface area contributed by atoms with Gasteiger partial charge in [-0.05, 0) is 18.8 Å². The number of rotatable bonds is 5. The van der Waals surface area contributed by atoms with E-state index in [0.29, 0.717) is 12.4 Å². The predicted molar refractivity (Wildman–Crippen MR) is 39.9 cm³/mol. The van der Waals surface area contributed by atoms with Crippen LogP contribution >= 0.6 is 0 Å². The Hall–Kier alpha value is -0.570. The molecule has 0 saturated heterocycles. The van der Waals surface area contributed by atoms with Crippen molar-refractivity contribution in [2.24, 2.45) is 5.92 Å². The molecular weight excluding hydrogens is 144 g/mol. The Morgan fingerprint density at radius 1 is 1.36 bits per heavy atom. The quantitative estimate of drug-likeness (QED) is 0.344. The summed E-state index contributed by atoms with van der Waals surface area (Å²) in [5, 5.41) is 0. The first-order valence-corrected chi connectivity index (χ1v) is 4.06. The summed E-state index contributed by atoms with van der Waals surface area (Å²) < 4.78 is 9.50. The van der Waals surface area contributed by atoms with Gasteiger partial charge >= 0.3 is 0 Å². The lowest BCUT2D eigenvalue weighted by molar-refractivity contribution is -0.141. The van der Waals surface area contributed by atoms with Crippen molar-refractivity contribution in [1.29, 1.82) is 0 Å². The molecule has 0 aromatic carbocycles. The van der Waals surface area contributed by atoms with Gasteiger partial charge in [0.2, 0.25) is 0 Å². The zero-order chi connectivity index (χ0) is 7.94. The van der Waals surface area contributed by atoms with Crippen molar-refractivity contribution in [2.75, 3.05) is 13.4 Å². The fourth-order valence-corrected chi connectivity index (χ4v) is 1.47. The molecule has 0 aromatic heterocycles. The maximum Gasteiger partial charge on any atom is 0.295 e. The molecule has 1 rings (SSSR count). The Bertz CT molecular complexity index is 108. The molecular formula is C8H14O3. The highest BCUT2D eigenvalue weighted by molar-refractivity contribution is 5.36. The molecule has 64 valence electrons. The third-order valence-corrected chi connectivity index (χ3v) is 2.05. The van der Waals surface area contributed by atoms with Gasteiger partial charge in [-0.1, -0.05) is 12.8 Å². The van der Waals surface area contributed by atoms with Gasteiger partial charge in [0, 0.05) is 0 Å². The molecule has 3 heteroatoms. The second kappa shape index (κ2) is 5.13. The van der Waals surface area contributed by atoms with Crippen LogP contribution in [0.2, 0.25) is 0 Å². The molecule has 11 heavy (non-hydrogen) atoms. The summed E-state index contributed by atoms with van der Waals surface area (Å²) in [6.45, 7) is 1.27. The van der Waals surface area contributed by atoms with Gasteiger partial charge in [-0.15, -0.1) is 0 Å². The van der Waals surface area contributed by atoms with Crippen molar-refractivity contribution >= 4 is 6.47 Å². The van der Waals surface area contributed by atoms with Crippen LogP contribution in [0, 0.1) is 5.92 Å². The Morgan fingerprint density at radius 2 is 2.09 bits per heavy atom. The Morgan fingerprint density at radius 3 is 2.73 bits per heavy atom. The van der Waals surface area contributed by atoms with Gasteiger partial charge in [0.05, 0.1) is 6.61 Å². The second-order valence-corrected chi connectivity index (χ2v) is 2.90. The van der Waals surface area contributed by atoms with E-state index in [1.165, 1.54) is 25.7 Å². The standard InChI is InChI=1S/C8H14O3/c9-6-11-7-10-5-8-3-1-2-4-8/h6,8H,1-5,7H2. The average molecular weight is 158 g/mol. The lowest BCUT2D eigenvalue weighted by Gasteiger charge is -2.07. The van der Waals surface area contributed by atoms with E-state index in [9.17, 15) is 4.79 Å². The molecule has 0 atom stereocenters. The third kappa shape index (κ3) is 3.37. The van der Waals surface area contributed by atoms with Gasteiger partial charge in [-0.3, -0.25) is 4.79 Å². The topological polar surface area (TPSA) is 35.5 Å². The van der Waals surface area contributed by atoms with Gasteiger partial charge in [-0.2, -0.15) is 0 Å². The van der Waals surface area contributed by atoms with Crippen LogP contribution in [0.5, 0.6) is 0 Å². The average Bonchev–Trinajstić information content (AvgIpc) is 2.50. The van der Waals surface area contributed by atoms with Crippen LogP contribution in [0.1, 0.15) is 25.7 Å². The third-order valence-electron chi connectivity index (χ3n) is 2.05. The summed E-state index contributed by atoms with van der Waals surface area (Å²) in [7, 11) is 0. The van der Waals surface area contributed by atoms with Gasteiger partial charge in [-0.25, -0.2) is 0 Å². The van der Waals surface area contributed by atoms with Crippen LogP contribution in [-0.2, 0) is 14.3 Å². The summed E-state index contributed by atoms with van der Waals surface area (Å²) in [5.41, 5.74) is 0. The second-order valence-electron chi connectivity index (χ2n) is 2.90. The van der Waals surface area contributed by atoms with E-state index in [2.05, 4.69) is 4.74 Å². The van der Waals surface area contributed by atoms with E-state index in [1.54, 1.807) is 0 Å². The monoisotopic (exact) mass is 158 g/mol. The summed E-state index contributed by atoms with van der Waals surface area (Å²) >= 11 is 0. The summed E-state index contributed by atoms with van der Waals surface area (Å²) in [6, 6.07) is 0. The summed E-state index contributed by atoms with van der Waals surface area (Å²) in [6.07, 6.45) is 5.17. The number of carbonyl (C=O) groups excluding carboxylic acids is 1. The summed E-state index contributed by atoms with van der Waals surface area (Å²) in [4.78, 5) is 9.70. The first kappa shape index (κ1) is 8.53. The maximum atomic E-state index is 9.70. The zero-order valence-electron chi connectivity index (χ0n) is 6.62. The summed E-state index contributed by atoms with van der Waals surface area (Å²) in [5.74, 6) is 0.699. The number of ether oxygens (including phenoxy) is 2. The van der Waals surface area contributed by atoms with E-state index in [4.69, 9.17) is 4.74 Å². The lowest BCUT2D eigenvalue weighted by atomic mass is 10.1. The van der Waals surface area contributed by atoms with E-state index in [1.807, 2.05) is 0 Å². The fraction of sp³-hybridized carbons (Fsp3) is 0.875. The van der Waals surface area contributed by atoms with Gasteiger partial charge in [0.1, 0.15) is 0 Å². The van der Waals surface area contributed by atoms with Crippen molar-refractivity contribution in [3.63, 3.8) is 0 Å². The van der Waals surface area contributed by atoms with E-state index < -0.39 is 0 Å². The van der Waals surface area contributed by atoms with Gasteiger partial charge in [0.25, 0.3) is 6.47 Å². The van der Waals surface area contributed by atoms with Crippen LogP contribution in [-0.4, -0.2) is 19.9 Å². The van der Waals surface area contributed by atoms with Crippen molar-refractivity contribution in [2.45, 2.75) is 25.7 Å². The number of hydrogen-bond donors (Lipinski definition) is 0. The minimum Gasteiger partial charge on any atom is -0.441 e. The Kier molecular flexibility index (Phi) is 3.98. The molecule has 0 heterocycles.